The molecule has 1 aliphatic heterocycles. The Bertz CT molecular complexity index is 481. The van der Waals surface area contributed by atoms with Crippen LogP contribution in [0.5, 0.6) is 0 Å². The number of amides is 1. The molecule has 0 radical (unpaired) electrons. The molecular weight excluding hydrogens is 220 g/mol. The molecule has 0 aromatic carbocycles. The standard InChI is InChI=1S/C12H16N2O3/c1-8-10(4-5-11(16)13-8)12(17)14-6-2-3-9(14)7-15/h4-5,9,15H,2-3,6-7H2,1H3,(H,13,16)/t9-/m1/s1. The number of rotatable bonds is 2. The average molecular weight is 236 g/mol. The van der Waals surface area contributed by atoms with E-state index < -0.39 is 0 Å². The quantitative estimate of drug-likeness (QED) is 0.774. The molecule has 1 saturated heterocycles. The molecule has 2 heterocycles. The van der Waals surface area contributed by atoms with Gasteiger partial charge in [-0.2, -0.15) is 0 Å². The summed E-state index contributed by atoms with van der Waals surface area (Å²) >= 11 is 0. The van der Waals surface area contributed by atoms with Crippen molar-refractivity contribution in [2.75, 3.05) is 13.2 Å². The molecule has 0 spiro atoms. The van der Waals surface area contributed by atoms with Gasteiger partial charge >= 0.3 is 0 Å². The lowest BCUT2D eigenvalue weighted by Crippen LogP contribution is -2.38. The molecule has 1 amide bonds. The van der Waals surface area contributed by atoms with Crippen molar-refractivity contribution in [3.63, 3.8) is 0 Å². The Morgan fingerprint density at radius 3 is 3.00 bits per heavy atom. The van der Waals surface area contributed by atoms with Gasteiger partial charge in [-0.15, -0.1) is 0 Å². The zero-order valence-corrected chi connectivity index (χ0v) is 9.77. The van der Waals surface area contributed by atoms with E-state index in [1.165, 1.54) is 6.07 Å². The molecular formula is C12H16N2O3. The van der Waals surface area contributed by atoms with Crippen molar-refractivity contribution >= 4 is 5.91 Å². The third kappa shape index (κ3) is 2.24. The zero-order valence-electron chi connectivity index (χ0n) is 9.77. The number of H-pyrrole nitrogens is 1. The second-order valence-corrected chi connectivity index (χ2v) is 4.34. The van der Waals surface area contributed by atoms with E-state index in [1.807, 2.05) is 0 Å². The van der Waals surface area contributed by atoms with Gasteiger partial charge in [0.25, 0.3) is 5.91 Å². The SMILES string of the molecule is Cc1[nH]c(=O)ccc1C(=O)N1CCC[C@@H]1CO. The van der Waals surface area contributed by atoms with Crippen LogP contribution in [-0.2, 0) is 0 Å². The van der Waals surface area contributed by atoms with Crippen molar-refractivity contribution in [3.8, 4) is 0 Å². The molecule has 92 valence electrons. The van der Waals surface area contributed by atoms with Gasteiger partial charge in [0.1, 0.15) is 0 Å². The lowest BCUT2D eigenvalue weighted by molar-refractivity contribution is 0.0676. The molecule has 2 N–H and O–H groups in total. The number of carbonyl (C=O) groups excluding carboxylic acids is 1. The number of likely N-dealkylation sites (tertiary alicyclic amines) is 1. The molecule has 1 aromatic heterocycles. The molecule has 1 atom stereocenters. The number of nitrogens with one attached hydrogen (secondary N) is 1. The maximum Gasteiger partial charge on any atom is 0.255 e. The minimum absolute atomic E-state index is 0.00581. The first-order valence-electron chi connectivity index (χ1n) is 5.75. The topological polar surface area (TPSA) is 73.4 Å². The molecule has 5 nitrogen and oxygen atoms in total. The lowest BCUT2D eigenvalue weighted by atomic mass is 10.1. The number of pyridine rings is 1. The van der Waals surface area contributed by atoms with Crippen molar-refractivity contribution < 1.29 is 9.90 Å². The predicted octanol–water partition coefficient (Wildman–Crippen LogP) is 0.280. The second kappa shape index (κ2) is 4.71. The van der Waals surface area contributed by atoms with E-state index in [2.05, 4.69) is 4.98 Å². The predicted molar refractivity (Wildman–Crippen MR) is 62.9 cm³/mol. The highest BCUT2D eigenvalue weighted by Gasteiger charge is 2.29. The van der Waals surface area contributed by atoms with Crippen LogP contribution in [0.25, 0.3) is 0 Å². The number of aromatic amines is 1. The molecule has 0 bridgehead atoms. The van der Waals surface area contributed by atoms with Crippen LogP contribution in [0.3, 0.4) is 0 Å². The summed E-state index contributed by atoms with van der Waals surface area (Å²) < 4.78 is 0. The van der Waals surface area contributed by atoms with Crippen LogP contribution in [0.1, 0.15) is 28.9 Å². The highest BCUT2D eigenvalue weighted by atomic mass is 16.3. The van der Waals surface area contributed by atoms with E-state index in [-0.39, 0.29) is 24.1 Å². The Morgan fingerprint density at radius 2 is 2.35 bits per heavy atom. The second-order valence-electron chi connectivity index (χ2n) is 4.34. The molecule has 17 heavy (non-hydrogen) atoms. The van der Waals surface area contributed by atoms with Crippen LogP contribution < -0.4 is 5.56 Å². The number of hydrogen-bond acceptors (Lipinski definition) is 3. The molecule has 1 fully saturated rings. The van der Waals surface area contributed by atoms with Crippen LogP contribution in [0.15, 0.2) is 16.9 Å². The molecule has 1 aromatic rings. The zero-order chi connectivity index (χ0) is 12.4. The largest absolute Gasteiger partial charge is 0.394 e. The number of hydrogen-bond donors (Lipinski definition) is 2. The summed E-state index contributed by atoms with van der Waals surface area (Å²) in [4.78, 5) is 27.6. The minimum atomic E-state index is -0.209. The lowest BCUT2D eigenvalue weighted by Gasteiger charge is -2.23. The van der Waals surface area contributed by atoms with E-state index in [1.54, 1.807) is 17.9 Å². The third-order valence-corrected chi connectivity index (χ3v) is 3.20. The van der Waals surface area contributed by atoms with E-state index in [0.29, 0.717) is 17.8 Å². The summed E-state index contributed by atoms with van der Waals surface area (Å²) in [6.07, 6.45) is 1.75. The first-order chi connectivity index (χ1) is 8.13. The smallest absolute Gasteiger partial charge is 0.255 e. The van der Waals surface area contributed by atoms with E-state index in [9.17, 15) is 14.7 Å². The first-order valence-corrected chi connectivity index (χ1v) is 5.75. The van der Waals surface area contributed by atoms with Crippen LogP contribution in [0, 0.1) is 6.92 Å². The van der Waals surface area contributed by atoms with E-state index in [4.69, 9.17) is 0 Å². The van der Waals surface area contributed by atoms with Crippen molar-refractivity contribution in [1.29, 1.82) is 0 Å². The Kier molecular flexibility index (Phi) is 3.28. The fraction of sp³-hybridized carbons (Fsp3) is 0.500. The molecule has 0 aliphatic carbocycles. The number of aliphatic hydroxyl groups is 1. The highest BCUT2D eigenvalue weighted by Crippen LogP contribution is 2.20. The summed E-state index contributed by atoms with van der Waals surface area (Å²) in [5, 5.41) is 9.19. The summed E-state index contributed by atoms with van der Waals surface area (Å²) in [5.74, 6) is -0.115. The molecule has 0 unspecified atom stereocenters. The van der Waals surface area contributed by atoms with Crippen molar-refractivity contribution in [1.82, 2.24) is 9.88 Å². The van der Waals surface area contributed by atoms with Gasteiger partial charge in [0.2, 0.25) is 5.56 Å². The number of aromatic nitrogens is 1. The van der Waals surface area contributed by atoms with Crippen LogP contribution in [0.2, 0.25) is 0 Å². The Balaban J connectivity index is 2.27. The Hall–Kier alpha value is -1.62. The molecule has 0 saturated carbocycles. The van der Waals surface area contributed by atoms with Crippen molar-refractivity contribution in [3.05, 3.63) is 33.7 Å². The van der Waals surface area contributed by atoms with Gasteiger partial charge in [0.05, 0.1) is 18.2 Å². The Morgan fingerprint density at radius 1 is 1.59 bits per heavy atom. The van der Waals surface area contributed by atoms with Crippen molar-refractivity contribution in [2.45, 2.75) is 25.8 Å². The van der Waals surface area contributed by atoms with Crippen LogP contribution in [-0.4, -0.2) is 40.1 Å². The normalized spacial score (nSPS) is 19.6. The molecule has 2 rings (SSSR count). The van der Waals surface area contributed by atoms with Crippen molar-refractivity contribution in [2.24, 2.45) is 0 Å². The van der Waals surface area contributed by atoms with E-state index >= 15 is 0 Å². The maximum atomic E-state index is 12.2. The summed E-state index contributed by atoms with van der Waals surface area (Å²) in [7, 11) is 0. The van der Waals surface area contributed by atoms with Gasteiger partial charge in [-0.1, -0.05) is 0 Å². The van der Waals surface area contributed by atoms with Gasteiger partial charge in [-0.3, -0.25) is 9.59 Å². The summed E-state index contributed by atoms with van der Waals surface area (Å²) in [5.41, 5.74) is 0.871. The number of aliphatic hydroxyl groups excluding tert-OH is 1. The van der Waals surface area contributed by atoms with Gasteiger partial charge in [0, 0.05) is 18.3 Å². The Labute approximate surface area is 99.1 Å². The number of aryl methyl sites for hydroxylation is 1. The van der Waals surface area contributed by atoms with Gasteiger partial charge in [-0.25, -0.2) is 0 Å². The fourth-order valence-electron chi connectivity index (χ4n) is 2.26. The van der Waals surface area contributed by atoms with Gasteiger partial charge in [0.15, 0.2) is 0 Å². The summed E-state index contributed by atoms with van der Waals surface area (Å²) in [6.45, 7) is 2.37. The average Bonchev–Trinajstić information content (AvgIpc) is 2.76. The molecule has 1 aliphatic rings. The minimum Gasteiger partial charge on any atom is -0.394 e. The monoisotopic (exact) mass is 236 g/mol. The van der Waals surface area contributed by atoms with Crippen LogP contribution >= 0.6 is 0 Å². The van der Waals surface area contributed by atoms with Gasteiger partial charge in [-0.05, 0) is 25.8 Å². The number of carbonyl (C=O) groups is 1. The van der Waals surface area contributed by atoms with Gasteiger partial charge < -0.3 is 15.0 Å². The van der Waals surface area contributed by atoms with E-state index in [0.717, 1.165) is 12.8 Å². The highest BCUT2D eigenvalue weighted by molar-refractivity contribution is 5.95. The third-order valence-electron chi connectivity index (χ3n) is 3.20. The fourth-order valence-corrected chi connectivity index (χ4v) is 2.26. The van der Waals surface area contributed by atoms with Crippen LogP contribution in [0.4, 0.5) is 0 Å². The number of nitrogens with zero attached hydrogens (tertiary/aromatic N) is 1. The summed E-state index contributed by atoms with van der Waals surface area (Å²) in [6, 6.07) is 2.81. The maximum absolute atomic E-state index is 12.2. The first kappa shape index (κ1) is 11.9. The molecule has 5 heteroatoms.